The van der Waals surface area contributed by atoms with Crippen LogP contribution in [0.2, 0.25) is 0 Å². The molecule has 1 aromatic rings. The van der Waals surface area contributed by atoms with Crippen molar-refractivity contribution in [3.8, 4) is 0 Å². The fourth-order valence-corrected chi connectivity index (χ4v) is 5.41. The van der Waals surface area contributed by atoms with Gasteiger partial charge in [-0.05, 0) is 44.3 Å². The highest BCUT2D eigenvalue weighted by atomic mass is 32.2. The van der Waals surface area contributed by atoms with Crippen molar-refractivity contribution in [1.82, 2.24) is 20.4 Å². The Morgan fingerprint density at radius 2 is 1.79 bits per heavy atom. The average molecular weight is 549 g/mol. The predicted octanol–water partition coefficient (Wildman–Crippen LogP) is 1.26. The molecule has 0 aliphatic carbocycles. The van der Waals surface area contributed by atoms with Gasteiger partial charge in [0, 0.05) is 19.0 Å². The molecular weight excluding hydrogens is 512 g/mol. The van der Waals surface area contributed by atoms with Crippen LogP contribution in [0.3, 0.4) is 0 Å². The first-order valence-electron chi connectivity index (χ1n) is 12.7. The Balaban J connectivity index is 1.77. The standard InChI is InChI=1S/C26H36N4O7S/c1-16-13-19(28-24(34)20(10-12-38-3)30-17(2)15-37-26(30)36)25(35)29(16)21(14-18-7-5-4-6-8-18)23(33)27-11-9-22(31)32/h4-8,16-17,19-21H,9-15H2,1-3H3,(H,27,33)(H,28,34)(H,31,32)/t16?,17?,19-,20-,21-/m0/s1. The molecule has 2 saturated heterocycles. The number of aliphatic carboxylic acids is 1. The summed E-state index contributed by atoms with van der Waals surface area (Å²) in [6.07, 6.45) is 2.08. The number of carboxylic acids is 1. The van der Waals surface area contributed by atoms with E-state index < -0.39 is 42.0 Å². The summed E-state index contributed by atoms with van der Waals surface area (Å²) in [5, 5.41) is 14.4. The lowest BCUT2D eigenvalue weighted by molar-refractivity contribution is -0.141. The van der Waals surface area contributed by atoms with Crippen LogP contribution < -0.4 is 10.6 Å². The third-order valence-electron chi connectivity index (χ3n) is 6.84. The second-order valence-corrected chi connectivity index (χ2v) is 10.6. The first-order chi connectivity index (χ1) is 18.1. The van der Waals surface area contributed by atoms with Crippen molar-refractivity contribution >= 4 is 41.5 Å². The monoisotopic (exact) mass is 548 g/mol. The molecule has 2 aliphatic rings. The summed E-state index contributed by atoms with van der Waals surface area (Å²) in [5.41, 5.74) is 0.844. The maximum absolute atomic E-state index is 13.6. The Morgan fingerprint density at radius 3 is 2.39 bits per heavy atom. The van der Waals surface area contributed by atoms with Gasteiger partial charge in [0.1, 0.15) is 24.7 Å². The molecule has 0 aromatic heterocycles. The number of carbonyl (C=O) groups excluding carboxylic acids is 4. The van der Waals surface area contributed by atoms with E-state index in [-0.39, 0.29) is 44.0 Å². The Labute approximate surface area is 226 Å². The number of carbonyl (C=O) groups is 5. The van der Waals surface area contributed by atoms with Gasteiger partial charge in [-0.1, -0.05) is 30.3 Å². The van der Waals surface area contributed by atoms with E-state index in [0.29, 0.717) is 18.6 Å². The number of benzene rings is 1. The first-order valence-corrected chi connectivity index (χ1v) is 14.1. The number of nitrogens with one attached hydrogen (secondary N) is 2. The van der Waals surface area contributed by atoms with Gasteiger partial charge in [0.25, 0.3) is 0 Å². The fourth-order valence-electron chi connectivity index (χ4n) is 4.95. The largest absolute Gasteiger partial charge is 0.481 e. The number of cyclic esters (lactones) is 1. The zero-order valence-electron chi connectivity index (χ0n) is 21.9. The molecule has 0 radical (unpaired) electrons. The number of likely N-dealkylation sites (tertiary alicyclic amines) is 1. The molecule has 0 spiro atoms. The van der Waals surface area contributed by atoms with Crippen molar-refractivity contribution in [3.63, 3.8) is 0 Å². The molecule has 2 fully saturated rings. The van der Waals surface area contributed by atoms with Gasteiger partial charge in [-0.3, -0.25) is 24.1 Å². The molecule has 3 N–H and O–H groups in total. The van der Waals surface area contributed by atoms with Crippen molar-refractivity contribution in [2.24, 2.45) is 0 Å². The summed E-state index contributed by atoms with van der Waals surface area (Å²) in [5.74, 6) is -1.66. The highest BCUT2D eigenvalue weighted by Gasteiger charge is 2.46. The highest BCUT2D eigenvalue weighted by molar-refractivity contribution is 7.98. The Morgan fingerprint density at radius 1 is 1.08 bits per heavy atom. The summed E-state index contributed by atoms with van der Waals surface area (Å²) in [6.45, 7) is 3.77. The molecule has 11 nitrogen and oxygen atoms in total. The van der Waals surface area contributed by atoms with Crippen molar-refractivity contribution < 1.29 is 33.8 Å². The van der Waals surface area contributed by atoms with E-state index in [4.69, 9.17) is 9.84 Å². The molecule has 2 aliphatic heterocycles. The van der Waals surface area contributed by atoms with E-state index in [9.17, 15) is 24.0 Å². The fraction of sp³-hybridized carbons (Fsp3) is 0.577. The normalized spacial score (nSPS) is 22.7. The number of thioether (sulfide) groups is 1. The minimum absolute atomic E-state index is 0.0583. The zero-order valence-corrected chi connectivity index (χ0v) is 22.7. The molecule has 1 aromatic carbocycles. The molecule has 0 saturated carbocycles. The minimum Gasteiger partial charge on any atom is -0.481 e. The molecule has 38 heavy (non-hydrogen) atoms. The number of hydrogen-bond donors (Lipinski definition) is 3. The third kappa shape index (κ3) is 7.18. The van der Waals surface area contributed by atoms with Gasteiger partial charge in [0.15, 0.2) is 0 Å². The van der Waals surface area contributed by atoms with Crippen LogP contribution in [-0.4, -0.2) is 100 Å². The number of hydrogen-bond acceptors (Lipinski definition) is 7. The lowest BCUT2D eigenvalue weighted by Gasteiger charge is -2.31. The molecule has 4 amide bonds. The zero-order chi connectivity index (χ0) is 27.8. The molecular formula is C26H36N4O7S. The van der Waals surface area contributed by atoms with E-state index in [1.165, 1.54) is 9.80 Å². The molecule has 3 rings (SSSR count). The molecule has 5 atom stereocenters. The van der Waals surface area contributed by atoms with Gasteiger partial charge in [0.2, 0.25) is 17.7 Å². The summed E-state index contributed by atoms with van der Waals surface area (Å²) in [6, 6.07) is 6.12. The van der Waals surface area contributed by atoms with Gasteiger partial charge in [0.05, 0.1) is 12.5 Å². The number of amides is 4. The van der Waals surface area contributed by atoms with Crippen molar-refractivity contribution in [3.05, 3.63) is 35.9 Å². The maximum atomic E-state index is 13.6. The first kappa shape index (κ1) is 29.3. The van der Waals surface area contributed by atoms with Gasteiger partial charge < -0.3 is 25.4 Å². The predicted molar refractivity (Wildman–Crippen MR) is 141 cm³/mol. The third-order valence-corrected chi connectivity index (χ3v) is 7.48. The van der Waals surface area contributed by atoms with Crippen molar-refractivity contribution in [2.75, 3.05) is 25.2 Å². The summed E-state index contributed by atoms with van der Waals surface area (Å²) in [4.78, 5) is 66.3. The van der Waals surface area contributed by atoms with Crippen molar-refractivity contribution in [2.45, 2.75) is 69.7 Å². The number of carboxylic acid groups (broad SMARTS) is 1. The van der Waals surface area contributed by atoms with Crippen LogP contribution in [0.15, 0.2) is 30.3 Å². The lowest BCUT2D eigenvalue weighted by Crippen LogP contribution is -2.55. The second-order valence-electron chi connectivity index (χ2n) is 9.66. The van der Waals surface area contributed by atoms with Gasteiger partial charge in [-0.15, -0.1) is 0 Å². The topological polar surface area (TPSA) is 145 Å². The molecule has 12 heteroatoms. The molecule has 2 heterocycles. The van der Waals surface area contributed by atoms with E-state index in [1.54, 1.807) is 11.8 Å². The van der Waals surface area contributed by atoms with Crippen LogP contribution in [0.5, 0.6) is 0 Å². The Bertz CT molecular complexity index is 1020. The Kier molecular flexibility index (Phi) is 10.4. The van der Waals surface area contributed by atoms with E-state index in [2.05, 4.69) is 10.6 Å². The summed E-state index contributed by atoms with van der Waals surface area (Å²) in [7, 11) is 0. The van der Waals surface area contributed by atoms with E-state index in [0.717, 1.165) is 5.56 Å². The van der Waals surface area contributed by atoms with Crippen molar-refractivity contribution in [1.29, 1.82) is 0 Å². The highest BCUT2D eigenvalue weighted by Crippen LogP contribution is 2.26. The van der Waals surface area contributed by atoms with Crippen LogP contribution in [0, 0.1) is 0 Å². The molecule has 0 bridgehead atoms. The number of rotatable bonds is 13. The van der Waals surface area contributed by atoms with Crippen LogP contribution in [0.4, 0.5) is 4.79 Å². The Hall–Kier alpha value is -3.28. The minimum atomic E-state index is -1.04. The molecule has 208 valence electrons. The van der Waals surface area contributed by atoms with E-state index in [1.807, 2.05) is 50.4 Å². The van der Waals surface area contributed by atoms with E-state index >= 15 is 0 Å². The van der Waals surface area contributed by atoms with Crippen LogP contribution >= 0.6 is 11.8 Å². The smallest absolute Gasteiger partial charge is 0.410 e. The molecule has 2 unspecified atom stereocenters. The van der Waals surface area contributed by atoms with Crippen LogP contribution in [0.1, 0.15) is 38.7 Å². The quantitative estimate of drug-likeness (QED) is 0.334. The van der Waals surface area contributed by atoms with Gasteiger partial charge in [-0.2, -0.15) is 11.8 Å². The van der Waals surface area contributed by atoms with Crippen LogP contribution in [-0.2, 0) is 30.3 Å². The summed E-state index contributed by atoms with van der Waals surface area (Å²) < 4.78 is 5.12. The summed E-state index contributed by atoms with van der Waals surface area (Å²) >= 11 is 1.55. The SMILES string of the molecule is CSCC[C@@H](C(=O)N[C@H]1CC(C)N([C@@H](Cc2ccccc2)C(=O)NCCC(=O)O)C1=O)N1C(=O)OCC1C. The van der Waals surface area contributed by atoms with Crippen LogP contribution in [0.25, 0.3) is 0 Å². The lowest BCUT2D eigenvalue weighted by atomic mass is 10.0. The van der Waals surface area contributed by atoms with Gasteiger partial charge in [-0.25, -0.2) is 4.79 Å². The average Bonchev–Trinajstić information content (AvgIpc) is 3.35. The number of ether oxygens (including phenoxy) is 1. The second kappa shape index (κ2) is 13.5. The number of nitrogens with zero attached hydrogens (tertiary/aromatic N) is 2. The maximum Gasteiger partial charge on any atom is 0.410 e. The van der Waals surface area contributed by atoms with Gasteiger partial charge >= 0.3 is 12.1 Å².